The topological polar surface area (TPSA) is 115 Å². The molecule has 0 fully saturated rings. The first-order chi connectivity index (χ1) is 8.01. The Hall–Kier alpha value is -2.65. The zero-order valence-corrected chi connectivity index (χ0v) is 8.80. The van der Waals surface area contributed by atoms with E-state index in [1.54, 1.807) is 0 Å². The summed E-state index contributed by atoms with van der Waals surface area (Å²) >= 11 is 0. The highest BCUT2D eigenvalue weighted by atomic mass is 16.5. The lowest BCUT2D eigenvalue weighted by Crippen LogP contribution is -2.29. The summed E-state index contributed by atoms with van der Waals surface area (Å²) in [5.41, 5.74) is 0.0687. The molecule has 0 aliphatic carbocycles. The molecule has 0 rings (SSSR count). The van der Waals surface area contributed by atoms with Gasteiger partial charge in [-0.1, -0.05) is 6.58 Å². The van der Waals surface area contributed by atoms with Gasteiger partial charge in [0.25, 0.3) is 0 Å². The number of aliphatic imine (C=N–C) groups is 3. The third kappa shape index (κ3) is 4.59. The van der Waals surface area contributed by atoms with Gasteiger partial charge in [0.15, 0.2) is 6.61 Å². The molecule has 0 aliphatic heterocycles. The molecule has 8 heteroatoms. The maximum atomic E-state index is 11.1. The maximum Gasteiger partial charge on any atom is 0.333 e. The molecular formula is C9H7N3O5. The van der Waals surface area contributed by atoms with E-state index in [1.165, 1.54) is 6.92 Å². The molecule has 0 saturated heterocycles. The zero-order valence-electron chi connectivity index (χ0n) is 8.80. The number of isocyanates is 3. The lowest BCUT2D eigenvalue weighted by molar-refractivity contribution is -0.140. The predicted molar refractivity (Wildman–Crippen MR) is 52.9 cm³/mol. The Morgan fingerprint density at radius 3 is 1.88 bits per heavy atom. The molecule has 0 aliphatic rings. The molecule has 0 unspecified atom stereocenters. The van der Waals surface area contributed by atoms with E-state index in [9.17, 15) is 19.2 Å². The molecule has 0 saturated carbocycles. The van der Waals surface area contributed by atoms with Crippen molar-refractivity contribution in [2.45, 2.75) is 12.7 Å². The van der Waals surface area contributed by atoms with Crippen LogP contribution >= 0.6 is 0 Å². The van der Waals surface area contributed by atoms with E-state index in [1.807, 2.05) is 0 Å². The van der Waals surface area contributed by atoms with Crippen molar-refractivity contribution in [2.75, 3.05) is 6.61 Å². The Balaban J connectivity index is 5.11. The number of carbonyl (C=O) groups excluding carboxylic acids is 4. The number of carbonyl (C=O) groups is 1. The molecule has 88 valence electrons. The van der Waals surface area contributed by atoms with Crippen LogP contribution in [-0.4, -0.2) is 36.6 Å². The first-order valence-corrected chi connectivity index (χ1v) is 4.11. The summed E-state index contributed by atoms with van der Waals surface area (Å²) in [5.74, 6) is -3.03. The molecule has 0 radical (unpaired) electrons. The van der Waals surface area contributed by atoms with Crippen LogP contribution in [0.5, 0.6) is 0 Å². The van der Waals surface area contributed by atoms with E-state index in [2.05, 4.69) is 26.3 Å². The fourth-order valence-electron chi connectivity index (χ4n) is 0.677. The van der Waals surface area contributed by atoms with Crippen molar-refractivity contribution < 1.29 is 23.9 Å². The second kappa shape index (κ2) is 6.76. The quantitative estimate of drug-likeness (QED) is 0.274. The van der Waals surface area contributed by atoms with Crippen molar-refractivity contribution in [1.29, 1.82) is 0 Å². The van der Waals surface area contributed by atoms with Crippen LogP contribution in [0.2, 0.25) is 0 Å². The van der Waals surface area contributed by atoms with Gasteiger partial charge in [0.05, 0.1) is 0 Å². The van der Waals surface area contributed by atoms with Crippen molar-refractivity contribution in [1.82, 2.24) is 0 Å². The Labute approximate surface area is 95.4 Å². The number of hydrogen-bond donors (Lipinski definition) is 0. The number of hydrogen-bond acceptors (Lipinski definition) is 8. The zero-order chi connectivity index (χ0) is 13.3. The van der Waals surface area contributed by atoms with Crippen LogP contribution in [0.3, 0.4) is 0 Å². The molecular weight excluding hydrogens is 230 g/mol. The highest BCUT2D eigenvalue weighted by Gasteiger charge is 2.31. The fraction of sp³-hybridized carbons (Fsp3) is 0.333. The molecule has 17 heavy (non-hydrogen) atoms. The molecule has 0 aromatic rings. The van der Waals surface area contributed by atoms with E-state index in [4.69, 9.17) is 0 Å². The minimum Gasteiger partial charge on any atom is -0.455 e. The van der Waals surface area contributed by atoms with E-state index < -0.39 is 18.4 Å². The Morgan fingerprint density at radius 2 is 1.59 bits per heavy atom. The van der Waals surface area contributed by atoms with Gasteiger partial charge in [-0.2, -0.15) is 0 Å². The largest absolute Gasteiger partial charge is 0.455 e. The van der Waals surface area contributed by atoms with Crippen LogP contribution in [-0.2, 0) is 23.9 Å². The standard InChI is InChI=1S/C9H7N3O5/c1-7(2)8(16)17-3-9(10-4-13,11-5-14)12-6-15/h1,3H2,2H3. The van der Waals surface area contributed by atoms with E-state index >= 15 is 0 Å². The normalized spacial score (nSPS) is 11.8. The van der Waals surface area contributed by atoms with Gasteiger partial charge in [-0.05, 0) is 6.92 Å². The van der Waals surface area contributed by atoms with Crippen LogP contribution < -0.4 is 0 Å². The van der Waals surface area contributed by atoms with Crippen LogP contribution in [0, 0.1) is 0 Å². The second-order valence-electron chi connectivity index (χ2n) is 2.74. The second-order valence-corrected chi connectivity index (χ2v) is 2.74. The van der Waals surface area contributed by atoms with Gasteiger partial charge in [0.2, 0.25) is 18.2 Å². The van der Waals surface area contributed by atoms with E-state index in [0.29, 0.717) is 0 Å². The summed E-state index contributed by atoms with van der Waals surface area (Å²) in [4.78, 5) is 50.4. The molecule has 8 nitrogen and oxygen atoms in total. The Morgan fingerprint density at radius 1 is 1.18 bits per heavy atom. The van der Waals surface area contributed by atoms with Crippen molar-refractivity contribution in [2.24, 2.45) is 15.0 Å². The number of ether oxygens (including phenoxy) is 1. The molecule has 0 heterocycles. The van der Waals surface area contributed by atoms with Gasteiger partial charge < -0.3 is 4.74 Å². The third-order valence-electron chi connectivity index (χ3n) is 1.42. The summed E-state index contributed by atoms with van der Waals surface area (Å²) in [7, 11) is 0. The Kier molecular flexibility index (Phi) is 5.71. The summed E-state index contributed by atoms with van der Waals surface area (Å²) in [6, 6.07) is 0. The first kappa shape index (κ1) is 14.3. The summed E-state index contributed by atoms with van der Waals surface area (Å²) < 4.78 is 4.57. The van der Waals surface area contributed by atoms with Gasteiger partial charge in [0.1, 0.15) is 0 Å². The van der Waals surface area contributed by atoms with Crippen molar-refractivity contribution in [3.05, 3.63) is 12.2 Å². The van der Waals surface area contributed by atoms with Crippen LogP contribution in [0.1, 0.15) is 6.92 Å². The molecule has 0 N–H and O–H groups in total. The van der Waals surface area contributed by atoms with Gasteiger partial charge >= 0.3 is 11.8 Å². The lowest BCUT2D eigenvalue weighted by Gasteiger charge is -2.14. The third-order valence-corrected chi connectivity index (χ3v) is 1.42. The summed E-state index contributed by atoms with van der Waals surface area (Å²) in [6.07, 6.45) is 3.14. The average molecular weight is 237 g/mol. The lowest BCUT2D eigenvalue weighted by atomic mass is 10.3. The van der Waals surface area contributed by atoms with Gasteiger partial charge in [-0.25, -0.2) is 19.2 Å². The first-order valence-electron chi connectivity index (χ1n) is 4.11. The highest BCUT2D eigenvalue weighted by Crippen LogP contribution is 2.14. The number of rotatable bonds is 6. The van der Waals surface area contributed by atoms with Crippen molar-refractivity contribution in [3.63, 3.8) is 0 Å². The predicted octanol–water partition coefficient (Wildman–Crippen LogP) is -0.233. The van der Waals surface area contributed by atoms with Crippen molar-refractivity contribution in [3.8, 4) is 0 Å². The van der Waals surface area contributed by atoms with Gasteiger partial charge in [-0.3, -0.25) is 0 Å². The van der Waals surface area contributed by atoms with E-state index in [-0.39, 0.29) is 5.57 Å². The monoisotopic (exact) mass is 237 g/mol. The summed E-state index contributed by atoms with van der Waals surface area (Å²) in [5, 5.41) is 0. The molecule has 0 aromatic heterocycles. The van der Waals surface area contributed by atoms with Crippen molar-refractivity contribution >= 4 is 24.2 Å². The van der Waals surface area contributed by atoms with Gasteiger partial charge in [0, 0.05) is 5.57 Å². The number of esters is 1. The van der Waals surface area contributed by atoms with E-state index in [0.717, 1.165) is 18.2 Å². The Bertz CT molecular complexity index is 419. The van der Waals surface area contributed by atoms with Crippen LogP contribution in [0.4, 0.5) is 0 Å². The maximum absolute atomic E-state index is 11.1. The van der Waals surface area contributed by atoms with Crippen LogP contribution in [0.25, 0.3) is 0 Å². The average Bonchev–Trinajstić information content (AvgIpc) is 2.27. The minimum atomic E-state index is -2.21. The molecule has 0 spiro atoms. The molecule has 0 aromatic carbocycles. The van der Waals surface area contributed by atoms with Crippen LogP contribution in [0.15, 0.2) is 27.1 Å². The molecule has 0 amide bonds. The fourth-order valence-corrected chi connectivity index (χ4v) is 0.677. The minimum absolute atomic E-state index is 0.0687. The number of nitrogens with zero attached hydrogens (tertiary/aromatic N) is 3. The molecule has 0 atom stereocenters. The molecule has 0 bridgehead atoms. The smallest absolute Gasteiger partial charge is 0.333 e. The summed E-state index contributed by atoms with van der Waals surface area (Å²) in [6.45, 7) is 3.93. The highest BCUT2D eigenvalue weighted by molar-refractivity contribution is 5.86. The SMILES string of the molecule is C=C(C)C(=O)OCC(N=C=O)(N=C=O)N=C=O. The van der Waals surface area contributed by atoms with Gasteiger partial charge in [-0.15, -0.1) is 15.0 Å².